The molecule has 2 unspecified atom stereocenters. The number of fused-ring (bicyclic) bond motifs is 1. The molecule has 4 heteroatoms. The van der Waals surface area contributed by atoms with Gasteiger partial charge in [-0.25, -0.2) is 0 Å². The quantitative estimate of drug-likeness (QED) is 0.355. The summed E-state index contributed by atoms with van der Waals surface area (Å²) < 4.78 is 19.5. The summed E-state index contributed by atoms with van der Waals surface area (Å²) in [5.41, 5.74) is 4.20. The van der Waals surface area contributed by atoms with Gasteiger partial charge in [-0.05, 0) is 63.8 Å². The molecule has 1 fully saturated rings. The van der Waals surface area contributed by atoms with Gasteiger partial charge in [-0.1, -0.05) is 74.1 Å². The number of aryl methyl sites for hydroxylation is 1. The zero-order chi connectivity index (χ0) is 24.7. The topological polar surface area (TPSA) is 39.7 Å². The molecule has 1 heterocycles. The van der Waals surface area contributed by atoms with E-state index in [1.165, 1.54) is 43.2 Å². The molecule has 1 saturated carbocycles. The lowest BCUT2D eigenvalue weighted by molar-refractivity contribution is -0.158. The maximum absolute atomic E-state index is 6.67. The van der Waals surface area contributed by atoms with Gasteiger partial charge in [-0.2, -0.15) is 0 Å². The zero-order valence-corrected chi connectivity index (χ0v) is 22.0. The van der Waals surface area contributed by atoms with E-state index in [4.69, 9.17) is 14.2 Å². The van der Waals surface area contributed by atoms with Gasteiger partial charge in [0, 0.05) is 24.4 Å². The second-order valence-electron chi connectivity index (χ2n) is 10.7. The fraction of sp³-hybridized carbons (Fsp3) is 0.548. The number of hydrogen-bond donors (Lipinski definition) is 1. The third-order valence-electron chi connectivity index (χ3n) is 7.42. The van der Waals surface area contributed by atoms with Crippen molar-refractivity contribution < 1.29 is 14.2 Å². The molecule has 0 aromatic heterocycles. The molecule has 2 atom stereocenters. The van der Waals surface area contributed by atoms with Crippen LogP contribution in [0.3, 0.4) is 0 Å². The highest BCUT2D eigenvalue weighted by molar-refractivity contribution is 5.54. The average Bonchev–Trinajstić information content (AvgIpc) is 2.85. The number of benzene rings is 2. The number of anilines is 1. The normalized spacial score (nSPS) is 22.1. The summed E-state index contributed by atoms with van der Waals surface area (Å²) in [5, 5.41) is 3.58. The van der Waals surface area contributed by atoms with E-state index in [2.05, 4.69) is 68.6 Å². The minimum absolute atomic E-state index is 0.163. The highest BCUT2D eigenvalue weighted by Crippen LogP contribution is 2.44. The summed E-state index contributed by atoms with van der Waals surface area (Å²) >= 11 is 0. The first-order valence-corrected chi connectivity index (χ1v) is 13.4. The van der Waals surface area contributed by atoms with Crippen LogP contribution in [0.4, 0.5) is 5.69 Å². The Labute approximate surface area is 212 Å². The van der Waals surface area contributed by atoms with Crippen LogP contribution in [0.25, 0.3) is 0 Å². The molecule has 190 valence electrons. The summed E-state index contributed by atoms with van der Waals surface area (Å²) in [6.45, 7) is 10.4. The van der Waals surface area contributed by atoms with E-state index >= 15 is 0 Å². The van der Waals surface area contributed by atoms with Crippen molar-refractivity contribution in [3.8, 4) is 5.75 Å². The summed E-state index contributed by atoms with van der Waals surface area (Å²) in [4.78, 5) is 0. The van der Waals surface area contributed by atoms with Gasteiger partial charge in [0.15, 0.2) is 0 Å². The van der Waals surface area contributed by atoms with E-state index < -0.39 is 5.60 Å². The fourth-order valence-corrected chi connectivity index (χ4v) is 5.31. The number of rotatable bonds is 10. The highest BCUT2D eigenvalue weighted by atomic mass is 16.6. The Balaban J connectivity index is 1.52. The maximum atomic E-state index is 6.67. The van der Waals surface area contributed by atoms with Crippen LogP contribution in [0.1, 0.15) is 82.1 Å². The molecule has 35 heavy (non-hydrogen) atoms. The van der Waals surface area contributed by atoms with Crippen LogP contribution in [-0.4, -0.2) is 24.9 Å². The highest BCUT2D eigenvalue weighted by Gasteiger charge is 2.45. The van der Waals surface area contributed by atoms with E-state index in [1.54, 1.807) is 0 Å². The Kier molecular flexibility index (Phi) is 8.91. The van der Waals surface area contributed by atoms with Crippen molar-refractivity contribution in [2.45, 2.75) is 90.6 Å². The van der Waals surface area contributed by atoms with Crippen molar-refractivity contribution in [2.24, 2.45) is 5.92 Å². The Hall–Kier alpha value is -2.30. The number of allylic oxidation sites excluding steroid dienone is 1. The predicted molar refractivity (Wildman–Crippen MR) is 144 cm³/mol. The number of nitrogens with one attached hydrogen (secondary N) is 1. The van der Waals surface area contributed by atoms with Gasteiger partial charge in [0.25, 0.3) is 0 Å². The van der Waals surface area contributed by atoms with Crippen LogP contribution in [0.5, 0.6) is 5.75 Å². The molecule has 1 aliphatic carbocycles. The average molecular weight is 478 g/mol. The van der Waals surface area contributed by atoms with Gasteiger partial charge in [0.05, 0.1) is 6.61 Å². The van der Waals surface area contributed by atoms with Crippen LogP contribution in [0.2, 0.25) is 0 Å². The molecular formula is C31H43NO3. The van der Waals surface area contributed by atoms with E-state index in [-0.39, 0.29) is 12.2 Å². The lowest BCUT2D eigenvalue weighted by Gasteiger charge is -2.44. The predicted octanol–water partition coefficient (Wildman–Crippen LogP) is 7.77. The van der Waals surface area contributed by atoms with Gasteiger partial charge in [-0.15, -0.1) is 0 Å². The summed E-state index contributed by atoms with van der Waals surface area (Å²) in [5.74, 6) is 1.69. The largest absolute Gasteiger partial charge is 0.485 e. The molecule has 2 aromatic carbocycles. The van der Waals surface area contributed by atoms with Crippen LogP contribution >= 0.6 is 0 Å². The Morgan fingerprint density at radius 3 is 2.54 bits per heavy atom. The minimum atomic E-state index is -0.485. The third-order valence-corrected chi connectivity index (χ3v) is 7.42. The third kappa shape index (κ3) is 6.89. The minimum Gasteiger partial charge on any atom is -0.485 e. The monoisotopic (exact) mass is 477 g/mol. The van der Waals surface area contributed by atoms with Gasteiger partial charge in [-0.3, -0.25) is 0 Å². The standard InChI is InChI=1S/C31H43NO3/c1-5-6-19-34-30-29(33-20-18-24-10-8-7-9-11-24)27-21-26(16-17-28(27)35-31(30,3)4)32-22-25-14-12-23(2)13-15-25/h5-6,12-17,21,24,29-30,32H,7-11,18-20,22H2,1-4H3/b6-5+. The van der Waals surface area contributed by atoms with Crippen LogP contribution in [0, 0.1) is 12.8 Å². The number of hydrogen-bond acceptors (Lipinski definition) is 4. The molecule has 4 rings (SSSR count). The first kappa shape index (κ1) is 25.8. The van der Waals surface area contributed by atoms with E-state index in [0.29, 0.717) is 6.61 Å². The summed E-state index contributed by atoms with van der Waals surface area (Å²) in [7, 11) is 0. The van der Waals surface area contributed by atoms with Crippen molar-refractivity contribution in [3.63, 3.8) is 0 Å². The molecule has 0 bridgehead atoms. The lowest BCUT2D eigenvalue weighted by Crippen LogP contribution is -2.51. The smallest absolute Gasteiger partial charge is 0.132 e. The van der Waals surface area contributed by atoms with Crippen molar-refractivity contribution in [1.29, 1.82) is 0 Å². The van der Waals surface area contributed by atoms with Crippen molar-refractivity contribution in [2.75, 3.05) is 18.5 Å². The van der Waals surface area contributed by atoms with Crippen LogP contribution < -0.4 is 10.1 Å². The maximum Gasteiger partial charge on any atom is 0.132 e. The number of ether oxygens (including phenoxy) is 3. The molecule has 1 aliphatic heterocycles. The molecule has 1 N–H and O–H groups in total. The van der Waals surface area contributed by atoms with Gasteiger partial charge >= 0.3 is 0 Å². The zero-order valence-electron chi connectivity index (χ0n) is 22.0. The Morgan fingerprint density at radius 2 is 1.80 bits per heavy atom. The first-order valence-electron chi connectivity index (χ1n) is 13.4. The fourth-order valence-electron chi connectivity index (χ4n) is 5.31. The van der Waals surface area contributed by atoms with E-state index in [0.717, 1.165) is 42.5 Å². The molecule has 4 nitrogen and oxygen atoms in total. The molecule has 0 amide bonds. The second kappa shape index (κ2) is 12.1. The first-order chi connectivity index (χ1) is 17.0. The Morgan fingerprint density at radius 1 is 1.03 bits per heavy atom. The van der Waals surface area contributed by atoms with Crippen molar-refractivity contribution >= 4 is 5.69 Å². The molecule has 0 radical (unpaired) electrons. The SMILES string of the molecule is C/C=C/COC1C(OCCC2CCCCC2)c2cc(NCc3ccc(C)cc3)ccc2OC1(C)C. The molecule has 2 aromatic rings. The molecule has 2 aliphatic rings. The van der Waals surface area contributed by atoms with Crippen molar-refractivity contribution in [3.05, 3.63) is 71.3 Å². The molecule has 0 saturated heterocycles. The Bertz CT molecular complexity index is 960. The lowest BCUT2D eigenvalue weighted by atomic mass is 9.86. The van der Waals surface area contributed by atoms with E-state index in [9.17, 15) is 0 Å². The summed E-state index contributed by atoms with van der Waals surface area (Å²) in [6.07, 6.45) is 11.6. The van der Waals surface area contributed by atoms with Gasteiger partial charge in [0.1, 0.15) is 23.6 Å². The van der Waals surface area contributed by atoms with Crippen LogP contribution in [0.15, 0.2) is 54.6 Å². The summed E-state index contributed by atoms with van der Waals surface area (Å²) in [6, 6.07) is 15.0. The van der Waals surface area contributed by atoms with Gasteiger partial charge < -0.3 is 19.5 Å². The van der Waals surface area contributed by atoms with E-state index in [1.807, 2.05) is 19.1 Å². The molecule has 0 spiro atoms. The second-order valence-corrected chi connectivity index (χ2v) is 10.7. The van der Waals surface area contributed by atoms with Gasteiger partial charge in [0.2, 0.25) is 0 Å². The molecular weight excluding hydrogens is 434 g/mol. The van der Waals surface area contributed by atoms with Crippen LogP contribution in [-0.2, 0) is 16.0 Å². The van der Waals surface area contributed by atoms with Crippen molar-refractivity contribution in [1.82, 2.24) is 0 Å².